The molecule has 1 N–H and O–H groups in total. The van der Waals surface area contributed by atoms with Gasteiger partial charge in [-0.3, -0.25) is 18.8 Å². The summed E-state index contributed by atoms with van der Waals surface area (Å²) in [5.74, 6) is -0.957. The molecule has 0 amide bonds. The lowest BCUT2D eigenvalue weighted by Gasteiger charge is -2.30. The molecule has 0 saturated heterocycles. The van der Waals surface area contributed by atoms with Crippen molar-refractivity contribution in [2.45, 2.75) is 445 Å². The van der Waals surface area contributed by atoms with Crippen molar-refractivity contribution in [2.75, 3.05) is 45.5 Å². The van der Waals surface area contributed by atoms with E-state index in [1.807, 2.05) is 0 Å². The molecule has 0 bridgehead atoms. The number of carboxylic acid groups (broad SMARTS) is 1. The first-order valence-electron chi connectivity index (χ1n) is 39.9. The summed E-state index contributed by atoms with van der Waals surface area (Å²) in [6.45, 7) is 10.5. The molecule has 0 unspecified atom stereocenters. The summed E-state index contributed by atoms with van der Waals surface area (Å²) in [6.07, 6.45) is 81.4. The van der Waals surface area contributed by atoms with Gasteiger partial charge in [-0.1, -0.05) is 413 Å². The fraction of sp³-hybridized carbons (Fsp3) is 0.987. The van der Waals surface area contributed by atoms with Crippen molar-refractivity contribution >= 4 is 21.2 Å². The molecular formula is C77H157NO8P2. The van der Waals surface area contributed by atoms with Gasteiger partial charge in [0.25, 0.3) is 0 Å². The summed E-state index contributed by atoms with van der Waals surface area (Å²) >= 11 is 0. The minimum atomic E-state index is -3.73. The molecule has 0 aliphatic rings. The predicted molar refractivity (Wildman–Crippen MR) is 386 cm³/mol. The van der Waals surface area contributed by atoms with Gasteiger partial charge in [0.05, 0.1) is 32.8 Å². The second-order valence-electron chi connectivity index (χ2n) is 27.6. The maximum absolute atomic E-state index is 14.9. The van der Waals surface area contributed by atoms with Crippen LogP contribution < -0.4 is 0 Å². The van der Waals surface area contributed by atoms with Gasteiger partial charge in [0.1, 0.15) is 12.6 Å². The SMILES string of the molecule is CCCCCCCCCCCCCCCCCCOP(=O)(CN(CCC(=O)O)CP(=O)(OCCCCCCCCCCCCCCCCCC)OCCCCCCCCCCCCCCCCCC)OCCCCCCCCCCCCCCCCCC. The quantitative estimate of drug-likeness (QED) is 0.0470. The lowest BCUT2D eigenvalue weighted by molar-refractivity contribution is -0.137. The minimum absolute atomic E-state index is 0.0545. The Hall–Kier alpha value is -0.270. The van der Waals surface area contributed by atoms with Crippen LogP contribution in [0.3, 0.4) is 0 Å². The molecule has 0 rings (SSSR count). The van der Waals surface area contributed by atoms with Gasteiger partial charge in [-0.2, -0.15) is 0 Å². The number of hydrogen-bond donors (Lipinski definition) is 1. The summed E-state index contributed by atoms with van der Waals surface area (Å²) in [4.78, 5) is 13.8. The molecule has 0 aromatic heterocycles. The molecule has 11 heteroatoms. The van der Waals surface area contributed by atoms with Gasteiger partial charge in [-0.25, -0.2) is 0 Å². The van der Waals surface area contributed by atoms with Gasteiger partial charge >= 0.3 is 21.2 Å². The molecule has 0 spiro atoms. The van der Waals surface area contributed by atoms with Gasteiger partial charge in [-0.15, -0.1) is 0 Å². The number of nitrogens with zero attached hydrogens (tertiary/aromatic N) is 1. The van der Waals surface area contributed by atoms with Gasteiger partial charge < -0.3 is 23.2 Å². The van der Waals surface area contributed by atoms with Gasteiger partial charge in [-0.05, 0) is 25.7 Å². The molecule has 0 aromatic rings. The molecule has 0 heterocycles. The van der Waals surface area contributed by atoms with Crippen LogP contribution in [-0.2, 0) is 32.0 Å². The topological polar surface area (TPSA) is 112 Å². The molecule has 0 radical (unpaired) electrons. The largest absolute Gasteiger partial charge is 0.481 e. The lowest BCUT2D eigenvalue weighted by Crippen LogP contribution is -2.30. The van der Waals surface area contributed by atoms with Crippen molar-refractivity contribution in [3.8, 4) is 0 Å². The Bertz CT molecular complexity index is 1270. The van der Waals surface area contributed by atoms with Gasteiger partial charge in [0, 0.05) is 6.54 Å². The van der Waals surface area contributed by atoms with Gasteiger partial charge in [0.2, 0.25) is 0 Å². The van der Waals surface area contributed by atoms with E-state index in [-0.39, 0.29) is 25.5 Å². The molecular weight excluding hydrogens is 1130 g/mol. The van der Waals surface area contributed by atoms with Gasteiger partial charge in [0.15, 0.2) is 0 Å². The highest BCUT2D eigenvalue weighted by molar-refractivity contribution is 7.54. The summed E-state index contributed by atoms with van der Waals surface area (Å²) in [6, 6.07) is 0. The standard InChI is InChI=1S/C77H157NO8P2/c1-5-9-13-17-21-25-29-33-37-41-45-49-53-57-61-65-71-83-87(81,84-72-66-62-58-54-50-46-42-38-34-30-26-22-18-14-10-6-2)75-78(70-69-77(79)80)76-88(82,85-73-67-63-59-55-51-47-43-39-35-31-27-23-19-15-11-7-3)86-74-68-64-60-56-52-48-44-40-36-32-28-24-20-16-12-8-4/h5-76H2,1-4H3,(H,79,80). The first-order chi connectivity index (χ1) is 43.2. The third kappa shape index (κ3) is 68.6. The first-order valence-corrected chi connectivity index (χ1v) is 43.4. The Morgan fingerprint density at radius 1 is 0.250 bits per heavy atom. The Morgan fingerprint density at radius 2 is 0.386 bits per heavy atom. The highest BCUT2D eigenvalue weighted by Gasteiger charge is 2.34. The van der Waals surface area contributed by atoms with E-state index in [0.717, 1.165) is 77.0 Å². The number of carbonyl (C=O) groups is 1. The normalized spacial score (nSPS) is 12.2. The fourth-order valence-electron chi connectivity index (χ4n) is 12.6. The molecule has 0 fully saturated rings. The van der Waals surface area contributed by atoms with Crippen molar-refractivity contribution in [3.63, 3.8) is 0 Å². The molecule has 0 atom stereocenters. The predicted octanol–water partition coefficient (Wildman–Crippen LogP) is 28.2. The number of hydrogen-bond acceptors (Lipinski definition) is 8. The van der Waals surface area contributed by atoms with E-state index in [9.17, 15) is 19.0 Å². The number of carboxylic acids is 1. The Morgan fingerprint density at radius 3 is 0.523 bits per heavy atom. The monoisotopic (exact) mass is 1290 g/mol. The molecule has 528 valence electrons. The minimum Gasteiger partial charge on any atom is -0.481 e. The van der Waals surface area contributed by atoms with Crippen molar-refractivity contribution in [1.29, 1.82) is 0 Å². The Balaban J connectivity index is 5.52. The average molecular weight is 1290 g/mol. The summed E-state index contributed by atoms with van der Waals surface area (Å²) < 4.78 is 55.0. The summed E-state index contributed by atoms with van der Waals surface area (Å²) in [5, 5.41) is 9.93. The average Bonchev–Trinajstić information content (AvgIpc) is 3.72. The Labute approximate surface area is 551 Å². The molecule has 0 saturated carbocycles. The maximum atomic E-state index is 14.9. The van der Waals surface area contributed by atoms with E-state index >= 15 is 0 Å². The van der Waals surface area contributed by atoms with E-state index in [2.05, 4.69) is 27.7 Å². The molecule has 9 nitrogen and oxygen atoms in total. The second-order valence-corrected chi connectivity index (χ2v) is 31.6. The maximum Gasteiger partial charge on any atom is 0.344 e. The second kappa shape index (κ2) is 72.6. The number of rotatable bonds is 79. The van der Waals surface area contributed by atoms with Crippen LogP contribution >= 0.6 is 15.2 Å². The summed E-state index contributed by atoms with van der Waals surface area (Å²) in [7, 11) is -7.46. The smallest absolute Gasteiger partial charge is 0.344 e. The van der Waals surface area contributed by atoms with E-state index in [1.165, 1.54) is 334 Å². The van der Waals surface area contributed by atoms with E-state index in [4.69, 9.17) is 18.1 Å². The Kier molecular flexibility index (Phi) is 72.3. The first kappa shape index (κ1) is 87.7. The van der Waals surface area contributed by atoms with Crippen LogP contribution in [0.15, 0.2) is 0 Å². The number of unbranched alkanes of at least 4 members (excludes halogenated alkanes) is 60. The van der Waals surface area contributed by atoms with Crippen LogP contribution in [0, 0.1) is 0 Å². The highest BCUT2D eigenvalue weighted by atomic mass is 31.2. The van der Waals surface area contributed by atoms with Crippen LogP contribution in [0.25, 0.3) is 0 Å². The zero-order valence-electron chi connectivity index (χ0n) is 60.1. The molecule has 0 aromatic carbocycles. The third-order valence-electron chi connectivity index (χ3n) is 18.5. The molecule has 88 heavy (non-hydrogen) atoms. The van der Waals surface area contributed by atoms with Crippen LogP contribution in [0.5, 0.6) is 0 Å². The van der Waals surface area contributed by atoms with Crippen molar-refractivity contribution in [2.24, 2.45) is 0 Å². The summed E-state index contributed by atoms with van der Waals surface area (Å²) in [5.41, 5.74) is 0. The zero-order chi connectivity index (χ0) is 63.9. The highest BCUT2D eigenvalue weighted by Crippen LogP contribution is 2.54. The lowest BCUT2D eigenvalue weighted by atomic mass is 10.0. The molecule has 0 aliphatic heterocycles. The zero-order valence-corrected chi connectivity index (χ0v) is 61.8. The third-order valence-corrected chi connectivity index (χ3v) is 22.3. The van der Waals surface area contributed by atoms with E-state index in [1.54, 1.807) is 4.90 Å². The van der Waals surface area contributed by atoms with E-state index in [0.29, 0.717) is 26.4 Å². The van der Waals surface area contributed by atoms with Crippen LogP contribution in [0.1, 0.15) is 445 Å². The van der Waals surface area contributed by atoms with Crippen LogP contribution in [0.4, 0.5) is 0 Å². The van der Waals surface area contributed by atoms with E-state index < -0.39 is 21.2 Å². The van der Waals surface area contributed by atoms with Crippen molar-refractivity contribution < 1.29 is 37.1 Å². The van der Waals surface area contributed by atoms with Crippen LogP contribution in [0.2, 0.25) is 0 Å². The number of aliphatic carboxylic acids is 1. The fourth-order valence-corrected chi connectivity index (χ4v) is 16.3. The van der Waals surface area contributed by atoms with Crippen LogP contribution in [-0.4, -0.2) is 61.5 Å². The molecule has 0 aliphatic carbocycles. The van der Waals surface area contributed by atoms with Crippen molar-refractivity contribution in [1.82, 2.24) is 4.90 Å². The van der Waals surface area contributed by atoms with Crippen molar-refractivity contribution in [3.05, 3.63) is 0 Å².